The second-order valence-electron chi connectivity index (χ2n) is 8.12. The fraction of sp³-hybridized carbons (Fsp3) is 0.292. The fourth-order valence-corrected chi connectivity index (χ4v) is 4.31. The highest BCUT2D eigenvalue weighted by atomic mass is 16.4. The van der Waals surface area contributed by atoms with E-state index in [-0.39, 0.29) is 5.56 Å². The molecule has 0 amide bonds. The van der Waals surface area contributed by atoms with Crippen molar-refractivity contribution in [1.82, 2.24) is 19.9 Å². The Hall–Kier alpha value is -4.05. The summed E-state index contributed by atoms with van der Waals surface area (Å²) in [6.07, 6.45) is 3.58. The number of aliphatic carboxylic acids is 2. The summed E-state index contributed by atoms with van der Waals surface area (Å²) in [7, 11) is 0. The molecule has 176 valence electrons. The smallest absolute Gasteiger partial charge is 0.328 e. The molecule has 3 saturated heterocycles. The Kier molecular flexibility index (Phi) is 6.98. The molecule has 6 rings (SSSR count). The molecule has 0 aliphatic carbocycles. The fourth-order valence-electron chi connectivity index (χ4n) is 4.31. The molecule has 0 atom stereocenters. The van der Waals surface area contributed by atoms with Crippen LogP contribution in [0.3, 0.4) is 0 Å². The van der Waals surface area contributed by atoms with E-state index in [1.807, 2.05) is 24.3 Å². The number of fused-ring (bicyclic) bond motifs is 5. The van der Waals surface area contributed by atoms with Crippen molar-refractivity contribution in [3.8, 4) is 5.69 Å². The van der Waals surface area contributed by atoms with Gasteiger partial charge in [-0.1, -0.05) is 17.3 Å². The van der Waals surface area contributed by atoms with Crippen molar-refractivity contribution in [3.63, 3.8) is 0 Å². The average molecular weight is 463 g/mol. The Balaban J connectivity index is 0.000000297. The lowest BCUT2D eigenvalue weighted by atomic mass is 10.0. The van der Waals surface area contributed by atoms with Gasteiger partial charge in [-0.3, -0.25) is 4.79 Å². The molecule has 2 N–H and O–H groups in total. The molecule has 3 aliphatic heterocycles. The van der Waals surface area contributed by atoms with Crippen LogP contribution in [0.15, 0.2) is 65.5 Å². The lowest BCUT2D eigenvalue weighted by Gasteiger charge is -2.33. The van der Waals surface area contributed by atoms with Gasteiger partial charge >= 0.3 is 11.9 Å². The number of hydrogen-bond acceptors (Lipinski definition) is 7. The van der Waals surface area contributed by atoms with Gasteiger partial charge in [-0.25, -0.2) is 9.59 Å². The summed E-state index contributed by atoms with van der Waals surface area (Å²) in [6.45, 7) is 4.62. The van der Waals surface area contributed by atoms with Gasteiger partial charge in [0.1, 0.15) is 5.52 Å². The van der Waals surface area contributed by atoms with E-state index in [0.717, 1.165) is 18.8 Å². The lowest BCUT2D eigenvalue weighted by Crippen LogP contribution is -2.37. The first-order valence-electron chi connectivity index (χ1n) is 11.0. The predicted molar refractivity (Wildman–Crippen MR) is 126 cm³/mol. The summed E-state index contributed by atoms with van der Waals surface area (Å²) in [5, 5.41) is 24.5. The molecule has 3 fully saturated rings. The Bertz CT molecular complexity index is 1250. The summed E-state index contributed by atoms with van der Waals surface area (Å²) in [5.41, 5.74) is 2.47. The van der Waals surface area contributed by atoms with E-state index in [0.29, 0.717) is 29.1 Å². The molecule has 34 heavy (non-hydrogen) atoms. The van der Waals surface area contributed by atoms with E-state index in [1.54, 1.807) is 12.1 Å². The summed E-state index contributed by atoms with van der Waals surface area (Å²) >= 11 is 0. The molecule has 3 aromatic rings. The zero-order chi connectivity index (χ0) is 24.1. The quantitative estimate of drug-likeness (QED) is 0.556. The highest BCUT2D eigenvalue weighted by Crippen LogP contribution is 2.27. The van der Waals surface area contributed by atoms with Crippen LogP contribution in [-0.4, -0.2) is 74.3 Å². The van der Waals surface area contributed by atoms with Crippen molar-refractivity contribution in [1.29, 1.82) is 0 Å². The first-order chi connectivity index (χ1) is 16.4. The summed E-state index contributed by atoms with van der Waals surface area (Å²) in [5.74, 6) is -2.51. The first kappa shape index (κ1) is 23.1. The molecule has 10 heteroatoms. The normalized spacial score (nSPS) is 19.5. The van der Waals surface area contributed by atoms with Crippen LogP contribution < -0.4 is 10.5 Å². The number of benzene rings is 2. The molecular formula is C24H25N5O5. The molecule has 3 aliphatic rings. The van der Waals surface area contributed by atoms with Crippen LogP contribution in [0.2, 0.25) is 0 Å². The van der Waals surface area contributed by atoms with Gasteiger partial charge in [0.15, 0.2) is 0 Å². The number of hydrogen-bond donors (Lipinski definition) is 2. The minimum atomic E-state index is -1.26. The number of aromatic nitrogens is 3. The second kappa shape index (κ2) is 10.3. The van der Waals surface area contributed by atoms with Crippen molar-refractivity contribution >= 4 is 28.5 Å². The molecule has 0 radical (unpaired) electrons. The van der Waals surface area contributed by atoms with Crippen molar-refractivity contribution in [3.05, 3.63) is 71.0 Å². The number of carboxylic acids is 2. The Morgan fingerprint density at radius 2 is 1.47 bits per heavy atom. The number of carboxylic acid groups (broad SMARTS) is 2. The Morgan fingerprint density at radius 1 is 0.853 bits per heavy atom. The van der Waals surface area contributed by atoms with Crippen molar-refractivity contribution in [2.75, 3.05) is 31.1 Å². The molecule has 2 aromatic carbocycles. The molecule has 0 saturated carbocycles. The maximum absolute atomic E-state index is 12.7. The van der Waals surface area contributed by atoms with Gasteiger partial charge < -0.3 is 20.0 Å². The van der Waals surface area contributed by atoms with Gasteiger partial charge in [0.05, 0.1) is 11.1 Å². The van der Waals surface area contributed by atoms with Gasteiger partial charge in [-0.2, -0.15) is 4.68 Å². The first-order valence-corrected chi connectivity index (χ1v) is 11.0. The molecule has 4 heterocycles. The average Bonchev–Trinajstić information content (AvgIpc) is 3.18. The van der Waals surface area contributed by atoms with E-state index in [2.05, 4.69) is 32.2 Å². The van der Waals surface area contributed by atoms with Crippen LogP contribution in [0.4, 0.5) is 5.69 Å². The summed E-state index contributed by atoms with van der Waals surface area (Å²) in [4.78, 5) is 36.9. The molecule has 10 nitrogen and oxygen atoms in total. The van der Waals surface area contributed by atoms with Gasteiger partial charge in [0.2, 0.25) is 0 Å². The van der Waals surface area contributed by atoms with Crippen LogP contribution in [-0.2, 0) is 9.59 Å². The monoisotopic (exact) mass is 463 g/mol. The standard InChI is InChI=1S/C20H21N5O.C4H4O4/c26-20-18-3-1-2-4-19(18)21-22-25(20)17-7-5-15(6-8-17)24-14-13-23-11-9-16(24)10-12-23;5-3(6)1-2-4(7)8/h1-8,16H,9-14H2;1-2H,(H,5,6)(H,7,8)/b;2-1+. The molecule has 1 aromatic heterocycles. The van der Waals surface area contributed by atoms with E-state index in [4.69, 9.17) is 10.2 Å². The van der Waals surface area contributed by atoms with Gasteiger partial charge in [-0.15, -0.1) is 5.10 Å². The molecule has 0 unspecified atom stereocenters. The number of carbonyl (C=O) groups is 2. The van der Waals surface area contributed by atoms with Crippen LogP contribution in [0.5, 0.6) is 0 Å². The lowest BCUT2D eigenvalue weighted by molar-refractivity contribution is -0.134. The van der Waals surface area contributed by atoms with Gasteiger partial charge in [0.25, 0.3) is 5.56 Å². The molecule has 0 spiro atoms. The second-order valence-corrected chi connectivity index (χ2v) is 8.12. The molecular weight excluding hydrogens is 438 g/mol. The van der Waals surface area contributed by atoms with Crippen molar-refractivity contribution in [2.24, 2.45) is 0 Å². The van der Waals surface area contributed by atoms with E-state index < -0.39 is 11.9 Å². The summed E-state index contributed by atoms with van der Waals surface area (Å²) in [6, 6.07) is 16.1. The third kappa shape index (κ3) is 5.29. The zero-order valence-corrected chi connectivity index (χ0v) is 18.4. The van der Waals surface area contributed by atoms with Gasteiger partial charge in [0, 0.05) is 50.1 Å². The van der Waals surface area contributed by atoms with Crippen LogP contribution in [0.1, 0.15) is 12.8 Å². The van der Waals surface area contributed by atoms with E-state index >= 15 is 0 Å². The van der Waals surface area contributed by atoms with E-state index in [1.165, 1.54) is 36.3 Å². The highest BCUT2D eigenvalue weighted by Gasteiger charge is 2.29. The summed E-state index contributed by atoms with van der Waals surface area (Å²) < 4.78 is 1.38. The minimum absolute atomic E-state index is 0.135. The maximum atomic E-state index is 12.7. The highest BCUT2D eigenvalue weighted by molar-refractivity contribution is 5.89. The maximum Gasteiger partial charge on any atom is 0.328 e. The number of anilines is 1. The minimum Gasteiger partial charge on any atom is -0.478 e. The largest absolute Gasteiger partial charge is 0.478 e. The Labute approximate surface area is 195 Å². The Morgan fingerprint density at radius 3 is 2.12 bits per heavy atom. The predicted octanol–water partition coefficient (Wildman–Crippen LogP) is 1.78. The van der Waals surface area contributed by atoms with Crippen LogP contribution in [0, 0.1) is 0 Å². The van der Waals surface area contributed by atoms with Crippen molar-refractivity contribution < 1.29 is 19.8 Å². The number of piperidine rings is 1. The zero-order valence-electron chi connectivity index (χ0n) is 18.4. The SMILES string of the molecule is O=C(O)/C=C/C(=O)O.O=c1c2ccccc2nnn1-c1ccc(N2CCN3CCC2CC3)cc1. The van der Waals surface area contributed by atoms with Crippen LogP contribution >= 0.6 is 0 Å². The third-order valence-electron chi connectivity index (χ3n) is 6.02. The topological polar surface area (TPSA) is 129 Å². The van der Waals surface area contributed by atoms with Crippen LogP contribution in [0.25, 0.3) is 16.6 Å². The molecule has 2 bridgehead atoms. The third-order valence-corrected chi connectivity index (χ3v) is 6.02. The number of rotatable bonds is 4. The number of nitrogens with zero attached hydrogens (tertiary/aromatic N) is 5. The van der Waals surface area contributed by atoms with E-state index in [9.17, 15) is 14.4 Å². The van der Waals surface area contributed by atoms with Crippen molar-refractivity contribution in [2.45, 2.75) is 18.9 Å². The van der Waals surface area contributed by atoms with Gasteiger partial charge in [-0.05, 0) is 49.2 Å².